The molecule has 104 valence electrons. The number of aromatic amines is 1. The van der Waals surface area contributed by atoms with Crippen molar-refractivity contribution in [2.45, 2.75) is 19.3 Å². The van der Waals surface area contributed by atoms with E-state index >= 15 is 0 Å². The van der Waals surface area contributed by atoms with Crippen molar-refractivity contribution in [1.29, 1.82) is 0 Å². The molecule has 2 heterocycles. The van der Waals surface area contributed by atoms with Crippen LogP contribution in [0.4, 0.5) is 0 Å². The zero-order chi connectivity index (χ0) is 14.3. The van der Waals surface area contributed by atoms with Crippen LogP contribution in [0.3, 0.4) is 0 Å². The van der Waals surface area contributed by atoms with Gasteiger partial charge in [-0.05, 0) is 18.9 Å². The quantitative estimate of drug-likeness (QED) is 0.823. The van der Waals surface area contributed by atoms with Gasteiger partial charge in [-0.15, -0.1) is 0 Å². The second kappa shape index (κ2) is 4.59. The minimum Gasteiger partial charge on any atom is -0.481 e. The zero-order valence-electron chi connectivity index (χ0n) is 11.0. The SMILES string of the molecule is Cn1c(-c2ccc(=O)[nH]n2)nc2c1CCC(C(=O)O)C2. The highest BCUT2D eigenvalue weighted by Gasteiger charge is 2.28. The third-order valence-corrected chi connectivity index (χ3v) is 3.72. The van der Waals surface area contributed by atoms with Gasteiger partial charge in [-0.3, -0.25) is 9.59 Å². The second-order valence-corrected chi connectivity index (χ2v) is 4.97. The number of fused-ring (bicyclic) bond motifs is 1. The summed E-state index contributed by atoms with van der Waals surface area (Å²) in [7, 11) is 1.88. The van der Waals surface area contributed by atoms with Crippen molar-refractivity contribution in [3.63, 3.8) is 0 Å². The van der Waals surface area contributed by atoms with E-state index in [-0.39, 0.29) is 11.5 Å². The molecule has 2 aromatic rings. The Morgan fingerprint density at radius 3 is 2.95 bits per heavy atom. The molecule has 1 aliphatic rings. The van der Waals surface area contributed by atoms with Gasteiger partial charge in [0.15, 0.2) is 5.82 Å². The molecule has 3 rings (SSSR count). The number of H-pyrrole nitrogens is 1. The Morgan fingerprint density at radius 1 is 1.50 bits per heavy atom. The number of aliphatic carboxylic acids is 1. The fourth-order valence-corrected chi connectivity index (χ4v) is 2.62. The van der Waals surface area contributed by atoms with Crippen LogP contribution < -0.4 is 5.56 Å². The van der Waals surface area contributed by atoms with Crippen molar-refractivity contribution in [1.82, 2.24) is 19.7 Å². The maximum absolute atomic E-state index is 11.1. The molecular formula is C13H14N4O3. The number of hydrogen-bond acceptors (Lipinski definition) is 4. The molecule has 1 unspecified atom stereocenters. The third kappa shape index (κ3) is 2.01. The van der Waals surface area contributed by atoms with Crippen molar-refractivity contribution < 1.29 is 9.90 Å². The smallest absolute Gasteiger partial charge is 0.306 e. The zero-order valence-corrected chi connectivity index (χ0v) is 11.0. The second-order valence-electron chi connectivity index (χ2n) is 4.97. The lowest BCUT2D eigenvalue weighted by Gasteiger charge is -2.18. The van der Waals surface area contributed by atoms with Crippen LogP contribution in [0.25, 0.3) is 11.5 Å². The van der Waals surface area contributed by atoms with Crippen LogP contribution in [0.1, 0.15) is 17.8 Å². The molecule has 20 heavy (non-hydrogen) atoms. The molecule has 2 aromatic heterocycles. The molecule has 0 aromatic carbocycles. The summed E-state index contributed by atoms with van der Waals surface area (Å²) < 4.78 is 1.92. The Bertz CT molecular complexity index is 711. The summed E-state index contributed by atoms with van der Waals surface area (Å²) in [6.45, 7) is 0. The topological polar surface area (TPSA) is 101 Å². The lowest BCUT2D eigenvalue weighted by atomic mass is 9.90. The highest BCUT2D eigenvalue weighted by atomic mass is 16.4. The summed E-state index contributed by atoms with van der Waals surface area (Å²) in [5, 5.41) is 15.5. The Morgan fingerprint density at radius 2 is 2.30 bits per heavy atom. The van der Waals surface area contributed by atoms with Gasteiger partial charge in [-0.25, -0.2) is 10.1 Å². The molecule has 0 bridgehead atoms. The van der Waals surface area contributed by atoms with Crippen molar-refractivity contribution in [3.8, 4) is 11.5 Å². The van der Waals surface area contributed by atoms with Gasteiger partial charge in [0.1, 0.15) is 5.69 Å². The van der Waals surface area contributed by atoms with Gasteiger partial charge in [0.2, 0.25) is 0 Å². The van der Waals surface area contributed by atoms with Crippen molar-refractivity contribution >= 4 is 5.97 Å². The molecule has 1 atom stereocenters. The molecule has 0 aliphatic heterocycles. The predicted molar refractivity (Wildman–Crippen MR) is 70.2 cm³/mol. The van der Waals surface area contributed by atoms with Crippen molar-refractivity contribution in [2.75, 3.05) is 0 Å². The van der Waals surface area contributed by atoms with Crippen LogP contribution in [0.5, 0.6) is 0 Å². The molecule has 7 heteroatoms. The monoisotopic (exact) mass is 274 g/mol. The summed E-state index contributed by atoms with van der Waals surface area (Å²) >= 11 is 0. The standard InChI is InChI=1S/C13H14N4O3/c1-17-10-4-2-7(13(19)20)6-9(10)14-12(17)8-3-5-11(18)16-15-8/h3,5,7H,2,4,6H2,1H3,(H,16,18)(H,19,20). The first-order valence-electron chi connectivity index (χ1n) is 6.39. The van der Waals surface area contributed by atoms with E-state index in [1.165, 1.54) is 6.07 Å². The number of carboxylic acid groups (broad SMARTS) is 1. The minimum absolute atomic E-state index is 0.265. The van der Waals surface area contributed by atoms with Gasteiger partial charge >= 0.3 is 5.97 Å². The third-order valence-electron chi connectivity index (χ3n) is 3.72. The van der Waals surface area contributed by atoms with Crippen molar-refractivity contribution in [3.05, 3.63) is 33.9 Å². The Labute approximate surface area is 114 Å². The molecule has 0 radical (unpaired) electrons. The summed E-state index contributed by atoms with van der Waals surface area (Å²) in [4.78, 5) is 26.6. The number of imidazole rings is 1. The van der Waals surface area contributed by atoms with Crippen LogP contribution in [-0.2, 0) is 24.7 Å². The highest BCUT2D eigenvalue weighted by molar-refractivity contribution is 5.71. The first kappa shape index (κ1) is 12.6. The fourth-order valence-electron chi connectivity index (χ4n) is 2.62. The van der Waals surface area contributed by atoms with E-state index in [2.05, 4.69) is 15.2 Å². The fraction of sp³-hybridized carbons (Fsp3) is 0.385. The van der Waals surface area contributed by atoms with E-state index < -0.39 is 5.97 Å². The number of rotatable bonds is 2. The first-order chi connectivity index (χ1) is 9.56. The van der Waals surface area contributed by atoms with Crippen LogP contribution in [-0.4, -0.2) is 30.8 Å². The highest BCUT2D eigenvalue weighted by Crippen LogP contribution is 2.28. The van der Waals surface area contributed by atoms with Crippen LogP contribution >= 0.6 is 0 Å². The lowest BCUT2D eigenvalue weighted by Crippen LogP contribution is -2.22. The molecule has 0 saturated heterocycles. The lowest BCUT2D eigenvalue weighted by molar-refractivity contribution is -0.142. The normalized spacial score (nSPS) is 17.8. The summed E-state index contributed by atoms with van der Waals surface area (Å²) in [6, 6.07) is 3.01. The van der Waals surface area contributed by atoms with E-state index in [0.29, 0.717) is 30.8 Å². The minimum atomic E-state index is -0.773. The van der Waals surface area contributed by atoms with Crippen molar-refractivity contribution in [2.24, 2.45) is 13.0 Å². The molecule has 0 spiro atoms. The number of aromatic nitrogens is 4. The van der Waals surface area contributed by atoms with E-state index in [1.54, 1.807) is 6.07 Å². The average molecular weight is 274 g/mol. The van der Waals surface area contributed by atoms with Gasteiger partial charge in [0.05, 0.1) is 11.6 Å². The number of nitrogens with zero attached hydrogens (tertiary/aromatic N) is 3. The number of carbonyl (C=O) groups is 1. The Kier molecular flexibility index (Phi) is 2.89. The molecule has 7 nitrogen and oxygen atoms in total. The van der Waals surface area contributed by atoms with E-state index in [9.17, 15) is 9.59 Å². The largest absolute Gasteiger partial charge is 0.481 e. The molecular weight excluding hydrogens is 260 g/mol. The van der Waals surface area contributed by atoms with E-state index in [0.717, 1.165) is 11.4 Å². The molecule has 2 N–H and O–H groups in total. The Balaban J connectivity index is 2.01. The van der Waals surface area contributed by atoms with Gasteiger partial charge in [0, 0.05) is 25.2 Å². The maximum Gasteiger partial charge on any atom is 0.306 e. The van der Waals surface area contributed by atoms with Crippen LogP contribution in [0.2, 0.25) is 0 Å². The molecule has 0 saturated carbocycles. The Hall–Kier alpha value is -2.44. The molecule has 0 amide bonds. The van der Waals surface area contributed by atoms with Crippen LogP contribution in [0, 0.1) is 5.92 Å². The van der Waals surface area contributed by atoms with E-state index in [1.807, 2.05) is 11.6 Å². The van der Waals surface area contributed by atoms with Gasteiger partial charge in [0.25, 0.3) is 5.56 Å². The summed E-state index contributed by atoms with van der Waals surface area (Å²) in [5.74, 6) is -0.490. The van der Waals surface area contributed by atoms with Gasteiger partial charge in [-0.2, -0.15) is 5.10 Å². The van der Waals surface area contributed by atoms with Gasteiger partial charge < -0.3 is 9.67 Å². The average Bonchev–Trinajstić information content (AvgIpc) is 2.76. The summed E-state index contributed by atoms with van der Waals surface area (Å²) in [5.41, 5.74) is 2.17. The number of carboxylic acids is 1. The predicted octanol–water partition coefficient (Wildman–Crippen LogP) is 0.360. The van der Waals surface area contributed by atoms with Crippen LogP contribution in [0.15, 0.2) is 16.9 Å². The van der Waals surface area contributed by atoms with E-state index in [4.69, 9.17) is 5.11 Å². The number of hydrogen-bond donors (Lipinski definition) is 2. The maximum atomic E-state index is 11.1. The molecule has 1 aliphatic carbocycles. The number of nitrogens with one attached hydrogen (secondary N) is 1. The first-order valence-corrected chi connectivity index (χ1v) is 6.39. The summed E-state index contributed by atoms with van der Waals surface area (Å²) in [6.07, 6.45) is 1.77. The van der Waals surface area contributed by atoms with Gasteiger partial charge in [-0.1, -0.05) is 0 Å². The molecule has 0 fully saturated rings.